The average Bonchev–Trinajstić information content (AvgIpc) is 2.51. The van der Waals surface area contributed by atoms with Crippen molar-refractivity contribution in [2.75, 3.05) is 40.9 Å². The molecule has 0 aliphatic carbocycles. The minimum absolute atomic E-state index is 0.0115. The van der Waals surface area contributed by atoms with Gasteiger partial charge in [-0.1, -0.05) is 52.4 Å². The highest BCUT2D eigenvalue weighted by molar-refractivity contribution is 7.45. The van der Waals surface area contributed by atoms with Crippen molar-refractivity contribution in [3.8, 4) is 0 Å². The van der Waals surface area contributed by atoms with E-state index in [1.54, 1.807) is 0 Å². The molecule has 0 bridgehead atoms. The molecular weight excluding hydrogens is 357 g/mol. The van der Waals surface area contributed by atoms with Crippen LogP contribution >= 0.6 is 7.82 Å². The summed E-state index contributed by atoms with van der Waals surface area (Å²) in [6.45, 7) is 4.17. The van der Waals surface area contributed by atoms with Crippen LogP contribution in [0.15, 0.2) is 0 Å². The molecule has 0 radical (unpaired) electrons. The summed E-state index contributed by atoms with van der Waals surface area (Å²) in [6.07, 6.45) is 5.09. The molecule has 0 spiro atoms. The SMILES string of the molecule is CCCCCC(O)(CCCCC)C(O)COP(=O)([O-])OCC[N+](C)(C)C. The van der Waals surface area contributed by atoms with Crippen molar-refractivity contribution < 1.29 is 33.2 Å². The predicted octanol–water partition coefficient (Wildman–Crippen LogP) is 2.45. The third-order valence-electron chi connectivity index (χ3n) is 4.45. The second-order valence-corrected chi connectivity index (χ2v) is 9.53. The molecule has 0 saturated carbocycles. The first kappa shape index (κ1) is 26.0. The number of hydrogen-bond donors (Lipinski definition) is 2. The Hall–Kier alpha value is -0.0100. The Bertz CT molecular complexity index is 403. The van der Waals surface area contributed by atoms with Gasteiger partial charge in [-0.3, -0.25) is 4.57 Å². The van der Waals surface area contributed by atoms with E-state index in [9.17, 15) is 19.7 Å². The summed E-state index contributed by atoms with van der Waals surface area (Å²) in [5.74, 6) is 0. The van der Waals surface area contributed by atoms with Crippen LogP contribution in [0.1, 0.15) is 65.2 Å². The van der Waals surface area contributed by atoms with Crippen LogP contribution in [0, 0.1) is 0 Å². The number of likely N-dealkylation sites (N-methyl/N-ethyl adjacent to an activating group) is 1. The van der Waals surface area contributed by atoms with E-state index in [0.717, 1.165) is 38.5 Å². The molecule has 0 saturated heterocycles. The van der Waals surface area contributed by atoms with E-state index >= 15 is 0 Å². The third-order valence-corrected chi connectivity index (χ3v) is 5.41. The Morgan fingerprint density at radius 1 is 1.04 bits per heavy atom. The average molecular weight is 397 g/mol. The summed E-state index contributed by atoms with van der Waals surface area (Å²) in [7, 11) is 1.28. The van der Waals surface area contributed by atoms with Crippen LogP contribution < -0.4 is 4.89 Å². The highest BCUT2D eigenvalue weighted by atomic mass is 31.2. The zero-order valence-corrected chi connectivity index (χ0v) is 18.2. The number of hydrogen-bond acceptors (Lipinski definition) is 6. The fourth-order valence-electron chi connectivity index (χ4n) is 2.60. The van der Waals surface area contributed by atoms with E-state index in [-0.39, 0.29) is 6.61 Å². The van der Waals surface area contributed by atoms with E-state index in [0.29, 0.717) is 23.9 Å². The highest BCUT2D eigenvalue weighted by Gasteiger charge is 2.35. The van der Waals surface area contributed by atoms with Crippen molar-refractivity contribution in [3.63, 3.8) is 0 Å². The lowest BCUT2D eigenvalue weighted by Crippen LogP contribution is -2.45. The van der Waals surface area contributed by atoms with Crippen LogP contribution in [0.5, 0.6) is 0 Å². The Balaban J connectivity index is 4.59. The molecule has 0 aromatic heterocycles. The molecule has 8 heteroatoms. The van der Waals surface area contributed by atoms with Crippen LogP contribution in [-0.2, 0) is 13.6 Å². The van der Waals surface area contributed by atoms with Crippen molar-refractivity contribution in [1.29, 1.82) is 0 Å². The second-order valence-electron chi connectivity index (χ2n) is 8.12. The number of aliphatic hydroxyl groups is 2. The van der Waals surface area contributed by atoms with Gasteiger partial charge in [-0.2, -0.15) is 0 Å². The predicted molar refractivity (Wildman–Crippen MR) is 102 cm³/mol. The zero-order chi connectivity index (χ0) is 20.3. The minimum atomic E-state index is -4.50. The monoisotopic (exact) mass is 397 g/mol. The van der Waals surface area contributed by atoms with Crippen molar-refractivity contribution in [2.45, 2.75) is 76.9 Å². The maximum Gasteiger partial charge on any atom is 0.268 e. The van der Waals surface area contributed by atoms with E-state index < -0.39 is 26.1 Å². The number of quaternary nitrogens is 1. The molecule has 0 heterocycles. The number of nitrogens with zero attached hydrogens (tertiary/aromatic N) is 1. The number of aliphatic hydroxyl groups excluding tert-OH is 1. The van der Waals surface area contributed by atoms with Crippen LogP contribution in [0.4, 0.5) is 0 Å². The Morgan fingerprint density at radius 2 is 1.54 bits per heavy atom. The molecular formula is C18H40NO6P. The maximum absolute atomic E-state index is 11.9. The molecule has 0 aliphatic rings. The van der Waals surface area contributed by atoms with E-state index in [1.165, 1.54) is 0 Å². The summed E-state index contributed by atoms with van der Waals surface area (Å²) >= 11 is 0. The molecule has 7 nitrogen and oxygen atoms in total. The molecule has 0 aromatic carbocycles. The molecule has 0 fully saturated rings. The normalized spacial score (nSPS) is 16.5. The fraction of sp³-hybridized carbons (Fsp3) is 1.00. The Labute approximate surface area is 159 Å². The van der Waals surface area contributed by atoms with Crippen LogP contribution in [-0.4, -0.2) is 67.3 Å². The van der Waals surface area contributed by atoms with Gasteiger partial charge in [0.2, 0.25) is 0 Å². The van der Waals surface area contributed by atoms with Gasteiger partial charge in [-0.05, 0) is 12.8 Å². The summed E-state index contributed by atoms with van der Waals surface area (Å²) < 4.78 is 22.1. The largest absolute Gasteiger partial charge is 0.756 e. The molecule has 0 amide bonds. The van der Waals surface area contributed by atoms with Gasteiger partial charge in [0.05, 0.1) is 33.4 Å². The van der Waals surface area contributed by atoms with Gasteiger partial charge in [-0.15, -0.1) is 0 Å². The van der Waals surface area contributed by atoms with E-state index in [1.807, 2.05) is 21.1 Å². The second kappa shape index (κ2) is 12.4. The summed E-state index contributed by atoms with van der Waals surface area (Å²) in [5.41, 5.74) is -1.33. The molecule has 0 aromatic rings. The molecule has 2 unspecified atom stereocenters. The van der Waals surface area contributed by atoms with Crippen LogP contribution in [0.2, 0.25) is 0 Å². The van der Waals surface area contributed by atoms with Gasteiger partial charge in [-0.25, -0.2) is 0 Å². The number of unbranched alkanes of at least 4 members (excludes halogenated alkanes) is 4. The number of phosphoric acid groups is 1. The van der Waals surface area contributed by atoms with Gasteiger partial charge in [0.1, 0.15) is 19.3 Å². The van der Waals surface area contributed by atoms with Crippen molar-refractivity contribution >= 4 is 7.82 Å². The fourth-order valence-corrected chi connectivity index (χ4v) is 3.30. The maximum atomic E-state index is 11.9. The van der Waals surface area contributed by atoms with Gasteiger partial charge in [0.15, 0.2) is 0 Å². The van der Waals surface area contributed by atoms with Crippen molar-refractivity contribution in [1.82, 2.24) is 0 Å². The first-order chi connectivity index (χ1) is 12.0. The van der Waals surface area contributed by atoms with Gasteiger partial charge in [0.25, 0.3) is 7.82 Å². The number of phosphoric ester groups is 1. The summed E-state index contributed by atoms with van der Waals surface area (Å²) in [6, 6.07) is 0. The first-order valence-corrected chi connectivity index (χ1v) is 11.2. The van der Waals surface area contributed by atoms with Gasteiger partial charge < -0.3 is 28.6 Å². The minimum Gasteiger partial charge on any atom is -0.756 e. The molecule has 0 rings (SSSR count). The third kappa shape index (κ3) is 12.4. The first-order valence-electron chi connectivity index (χ1n) is 9.77. The molecule has 0 aliphatic heterocycles. The van der Waals surface area contributed by atoms with Crippen LogP contribution in [0.25, 0.3) is 0 Å². The summed E-state index contributed by atoms with van der Waals surface area (Å²) in [4.78, 5) is 11.9. The van der Waals surface area contributed by atoms with Crippen molar-refractivity contribution in [2.24, 2.45) is 0 Å². The Morgan fingerprint density at radius 3 is 1.96 bits per heavy atom. The van der Waals surface area contributed by atoms with Gasteiger partial charge >= 0.3 is 0 Å². The van der Waals surface area contributed by atoms with Crippen molar-refractivity contribution in [3.05, 3.63) is 0 Å². The molecule has 26 heavy (non-hydrogen) atoms. The lowest BCUT2D eigenvalue weighted by molar-refractivity contribution is -0.870. The quantitative estimate of drug-likeness (QED) is 0.236. The van der Waals surface area contributed by atoms with E-state index in [4.69, 9.17) is 9.05 Å². The molecule has 2 N–H and O–H groups in total. The van der Waals surface area contributed by atoms with E-state index in [2.05, 4.69) is 13.8 Å². The topological polar surface area (TPSA) is 99.0 Å². The lowest BCUT2D eigenvalue weighted by atomic mass is 9.85. The van der Waals surface area contributed by atoms with Crippen LogP contribution in [0.3, 0.4) is 0 Å². The standard InChI is InChI=1S/C18H40NO6P/c1-6-8-10-12-18(21,13-11-9-7-2)17(20)16-25-26(22,23)24-15-14-19(3,4)5/h17,20-21H,6-16H2,1-5H3. The highest BCUT2D eigenvalue weighted by Crippen LogP contribution is 2.39. The summed E-state index contributed by atoms with van der Waals surface area (Å²) in [5, 5.41) is 21.2. The number of rotatable bonds is 16. The lowest BCUT2D eigenvalue weighted by Gasteiger charge is -2.35. The zero-order valence-electron chi connectivity index (χ0n) is 17.3. The Kier molecular flexibility index (Phi) is 12.4. The van der Waals surface area contributed by atoms with Gasteiger partial charge in [0, 0.05) is 0 Å². The smallest absolute Gasteiger partial charge is 0.268 e. The molecule has 2 atom stereocenters. The molecule has 158 valence electrons.